The molecule has 0 radical (unpaired) electrons. The maximum atomic E-state index is 12.8. The molecule has 1 aromatic carbocycles. The molecule has 1 saturated carbocycles. The molecule has 1 amide bonds. The summed E-state index contributed by atoms with van der Waals surface area (Å²) in [4.78, 5) is 26.2. The Labute approximate surface area is 216 Å². The number of fused-ring (bicyclic) bond motifs is 1. The van der Waals surface area contributed by atoms with E-state index in [-0.39, 0.29) is 12.0 Å². The Balaban J connectivity index is 0.940. The van der Waals surface area contributed by atoms with Crippen molar-refractivity contribution in [1.29, 1.82) is 0 Å². The highest BCUT2D eigenvalue weighted by Gasteiger charge is 2.52. The molecule has 3 aromatic rings. The molecular formula is C28H34N6O3. The van der Waals surface area contributed by atoms with E-state index in [2.05, 4.69) is 44.2 Å². The van der Waals surface area contributed by atoms with Gasteiger partial charge in [-0.2, -0.15) is 9.50 Å². The molecule has 7 rings (SSSR count). The summed E-state index contributed by atoms with van der Waals surface area (Å²) < 4.78 is 13.5. The Bertz CT molecular complexity index is 1350. The third-order valence-electron chi connectivity index (χ3n) is 8.77. The molecule has 5 heterocycles. The van der Waals surface area contributed by atoms with Crippen LogP contribution in [0.5, 0.6) is 5.75 Å². The van der Waals surface area contributed by atoms with Gasteiger partial charge in [0.2, 0.25) is 5.91 Å². The average molecular weight is 503 g/mol. The van der Waals surface area contributed by atoms with Crippen molar-refractivity contribution in [3.05, 3.63) is 47.0 Å². The summed E-state index contributed by atoms with van der Waals surface area (Å²) >= 11 is 0. The van der Waals surface area contributed by atoms with Gasteiger partial charge in [-0.3, -0.25) is 4.79 Å². The van der Waals surface area contributed by atoms with Gasteiger partial charge in [-0.15, -0.1) is 5.10 Å². The number of anilines is 1. The molecule has 37 heavy (non-hydrogen) atoms. The smallest absolute Gasteiger partial charge is 0.253 e. The van der Waals surface area contributed by atoms with Crippen molar-refractivity contribution in [3.63, 3.8) is 0 Å². The second-order valence-corrected chi connectivity index (χ2v) is 11.6. The van der Waals surface area contributed by atoms with Crippen LogP contribution in [-0.2, 0) is 9.53 Å². The molecular weight excluding hydrogens is 468 g/mol. The van der Waals surface area contributed by atoms with E-state index in [1.165, 1.54) is 11.3 Å². The van der Waals surface area contributed by atoms with Crippen LogP contribution in [0.15, 0.2) is 24.3 Å². The Morgan fingerprint density at radius 1 is 1.08 bits per heavy atom. The first-order valence-corrected chi connectivity index (χ1v) is 13.5. The zero-order valence-corrected chi connectivity index (χ0v) is 21.8. The van der Waals surface area contributed by atoms with Crippen LogP contribution in [0.1, 0.15) is 48.0 Å². The first-order valence-electron chi connectivity index (χ1n) is 13.5. The van der Waals surface area contributed by atoms with Crippen molar-refractivity contribution >= 4 is 17.4 Å². The number of carbonyl (C=O) groups is 1. The Morgan fingerprint density at radius 2 is 1.84 bits per heavy atom. The Kier molecular flexibility index (Phi) is 5.22. The predicted octanol–water partition coefficient (Wildman–Crippen LogP) is 3.06. The van der Waals surface area contributed by atoms with E-state index in [1.54, 1.807) is 4.52 Å². The number of hydrogen-bond donors (Lipinski definition) is 0. The zero-order chi connectivity index (χ0) is 25.3. The third kappa shape index (κ3) is 3.86. The van der Waals surface area contributed by atoms with E-state index in [1.807, 2.05) is 25.7 Å². The molecule has 0 N–H and O–H groups in total. The minimum atomic E-state index is 0.103. The van der Waals surface area contributed by atoms with Crippen molar-refractivity contribution in [1.82, 2.24) is 24.5 Å². The quantitative estimate of drug-likeness (QED) is 0.530. The van der Waals surface area contributed by atoms with Gasteiger partial charge in [0.05, 0.1) is 36.6 Å². The highest BCUT2D eigenvalue weighted by atomic mass is 16.5. The van der Waals surface area contributed by atoms with Crippen molar-refractivity contribution < 1.29 is 14.3 Å². The lowest BCUT2D eigenvalue weighted by Crippen LogP contribution is -2.68. The number of amides is 1. The topological polar surface area (TPSA) is 85.1 Å². The SMILES string of the molecule is Cc1nc2nc(C)c(O[C@@H]3CCN(c4ccc(C5CC(C(=O)N6CC7(COC7)C6)C5)cc4)C3)c(C)n2n1. The fraction of sp³-hybridized carbons (Fsp3) is 0.571. The molecule has 0 unspecified atom stereocenters. The highest BCUT2D eigenvalue weighted by molar-refractivity contribution is 5.81. The molecule has 194 valence electrons. The van der Waals surface area contributed by atoms with E-state index >= 15 is 0 Å². The van der Waals surface area contributed by atoms with Gasteiger partial charge >= 0.3 is 0 Å². The van der Waals surface area contributed by atoms with Crippen LogP contribution in [0.2, 0.25) is 0 Å². The summed E-state index contributed by atoms with van der Waals surface area (Å²) in [6.07, 6.45) is 3.01. The number of carbonyl (C=O) groups excluding carboxylic acids is 1. The van der Waals surface area contributed by atoms with Crippen molar-refractivity contribution in [2.45, 2.75) is 52.1 Å². The van der Waals surface area contributed by atoms with Gasteiger partial charge in [-0.05, 0) is 57.2 Å². The normalized spacial score (nSPS) is 26.2. The molecule has 1 spiro atoms. The maximum absolute atomic E-state index is 12.8. The van der Waals surface area contributed by atoms with Gasteiger partial charge in [0.15, 0.2) is 5.75 Å². The van der Waals surface area contributed by atoms with Crippen LogP contribution in [0.4, 0.5) is 5.69 Å². The first-order chi connectivity index (χ1) is 17.9. The van der Waals surface area contributed by atoms with Crippen LogP contribution >= 0.6 is 0 Å². The lowest BCUT2D eigenvalue weighted by molar-refractivity contribution is -0.199. The Hall–Kier alpha value is -3.20. The van der Waals surface area contributed by atoms with Crippen LogP contribution in [0.3, 0.4) is 0 Å². The molecule has 4 aliphatic rings. The van der Waals surface area contributed by atoms with Gasteiger partial charge in [0.25, 0.3) is 5.78 Å². The van der Waals surface area contributed by atoms with Crippen LogP contribution < -0.4 is 9.64 Å². The number of nitrogens with zero attached hydrogens (tertiary/aromatic N) is 6. The van der Waals surface area contributed by atoms with Gasteiger partial charge in [0.1, 0.15) is 11.9 Å². The van der Waals surface area contributed by atoms with E-state index in [0.717, 1.165) is 75.8 Å². The zero-order valence-electron chi connectivity index (χ0n) is 21.8. The minimum Gasteiger partial charge on any atom is -0.485 e. The number of benzene rings is 1. The summed E-state index contributed by atoms with van der Waals surface area (Å²) in [5.41, 5.74) is 4.66. The lowest BCUT2D eigenvalue weighted by Gasteiger charge is -2.56. The van der Waals surface area contributed by atoms with E-state index in [9.17, 15) is 4.79 Å². The number of ether oxygens (including phenoxy) is 2. The van der Waals surface area contributed by atoms with Crippen molar-refractivity contribution in [2.24, 2.45) is 11.3 Å². The monoisotopic (exact) mass is 502 g/mol. The molecule has 2 aromatic heterocycles. The second-order valence-electron chi connectivity index (χ2n) is 11.6. The van der Waals surface area contributed by atoms with Crippen LogP contribution in [0.25, 0.3) is 5.78 Å². The summed E-state index contributed by atoms with van der Waals surface area (Å²) in [6.45, 7) is 11.1. The fourth-order valence-corrected chi connectivity index (χ4v) is 6.46. The number of likely N-dealkylation sites (tertiary alicyclic amines) is 1. The summed E-state index contributed by atoms with van der Waals surface area (Å²) in [5.74, 6) is 3.18. The molecule has 1 atom stereocenters. The number of hydrogen-bond acceptors (Lipinski definition) is 7. The lowest BCUT2D eigenvalue weighted by atomic mass is 9.69. The van der Waals surface area contributed by atoms with Gasteiger partial charge in [0, 0.05) is 37.7 Å². The molecule has 0 bridgehead atoms. The van der Waals surface area contributed by atoms with E-state index in [4.69, 9.17) is 9.47 Å². The summed E-state index contributed by atoms with van der Waals surface area (Å²) in [5, 5.41) is 4.45. The maximum Gasteiger partial charge on any atom is 0.253 e. The second kappa shape index (κ2) is 8.41. The average Bonchev–Trinajstić information content (AvgIpc) is 3.40. The van der Waals surface area contributed by atoms with Crippen LogP contribution in [-0.4, -0.2) is 75.9 Å². The third-order valence-corrected chi connectivity index (χ3v) is 8.77. The van der Waals surface area contributed by atoms with Gasteiger partial charge < -0.3 is 19.3 Å². The molecule has 9 heteroatoms. The predicted molar refractivity (Wildman–Crippen MR) is 138 cm³/mol. The minimum absolute atomic E-state index is 0.103. The molecule has 9 nitrogen and oxygen atoms in total. The molecule has 4 fully saturated rings. The number of rotatable bonds is 5. The van der Waals surface area contributed by atoms with Gasteiger partial charge in [-0.25, -0.2) is 4.98 Å². The number of aryl methyl sites for hydroxylation is 3. The first kappa shape index (κ1) is 23.0. The number of aromatic nitrogens is 4. The fourth-order valence-electron chi connectivity index (χ4n) is 6.46. The standard InChI is InChI=1S/C28H34N6O3/c1-17-25(18(2)34-27(29-17)30-19(3)31-34)37-24-8-9-32(12-24)23-6-4-20(5-7-23)21-10-22(11-21)26(35)33-13-28(14-33)15-36-16-28/h4-7,21-22,24H,8-16H2,1-3H3/t21?,22?,24-/m1/s1. The van der Waals surface area contributed by atoms with Crippen LogP contribution in [0, 0.1) is 32.1 Å². The van der Waals surface area contributed by atoms with Gasteiger partial charge in [-0.1, -0.05) is 12.1 Å². The summed E-state index contributed by atoms with van der Waals surface area (Å²) in [6, 6.07) is 8.95. The van der Waals surface area contributed by atoms with E-state index in [0.29, 0.717) is 28.8 Å². The van der Waals surface area contributed by atoms with E-state index < -0.39 is 0 Å². The highest BCUT2D eigenvalue weighted by Crippen LogP contribution is 2.46. The molecule has 3 saturated heterocycles. The van der Waals surface area contributed by atoms with Crippen molar-refractivity contribution in [3.8, 4) is 5.75 Å². The molecule has 1 aliphatic carbocycles. The van der Waals surface area contributed by atoms with Crippen molar-refractivity contribution in [2.75, 3.05) is 44.3 Å². The molecule has 3 aliphatic heterocycles. The Morgan fingerprint density at radius 3 is 2.54 bits per heavy atom. The summed E-state index contributed by atoms with van der Waals surface area (Å²) in [7, 11) is 0. The largest absolute Gasteiger partial charge is 0.485 e.